The normalized spacial score (nSPS) is 15.6. The summed E-state index contributed by atoms with van der Waals surface area (Å²) in [6.45, 7) is 4.08. The van der Waals surface area contributed by atoms with E-state index in [9.17, 15) is 4.79 Å². The SMILES string of the molecule is COc1ccccc1N1CCN(C(=O)c2ccc(-c3ccc4c(c3)OCCO4)s2)CC1. The first kappa shape index (κ1) is 19.8. The van der Waals surface area contributed by atoms with E-state index in [0.717, 1.165) is 51.3 Å². The number of amides is 1. The Morgan fingerprint density at radius 2 is 1.71 bits per heavy atom. The lowest BCUT2D eigenvalue weighted by molar-refractivity contribution is 0.0751. The fraction of sp³-hybridized carbons (Fsp3) is 0.292. The Bertz CT molecular complexity index is 1090. The summed E-state index contributed by atoms with van der Waals surface area (Å²) in [5, 5.41) is 0. The second-order valence-electron chi connectivity index (χ2n) is 7.47. The molecular formula is C24H24N2O4S. The molecule has 1 amide bonds. The number of anilines is 1. The van der Waals surface area contributed by atoms with E-state index < -0.39 is 0 Å². The summed E-state index contributed by atoms with van der Waals surface area (Å²) >= 11 is 1.52. The minimum atomic E-state index is 0.0912. The van der Waals surface area contributed by atoms with E-state index in [2.05, 4.69) is 11.0 Å². The van der Waals surface area contributed by atoms with Gasteiger partial charge in [-0.05, 0) is 48.0 Å². The lowest BCUT2D eigenvalue weighted by Gasteiger charge is -2.36. The van der Waals surface area contributed by atoms with Crippen molar-refractivity contribution in [2.75, 3.05) is 51.4 Å². The van der Waals surface area contributed by atoms with Gasteiger partial charge < -0.3 is 24.0 Å². The van der Waals surface area contributed by atoms with Gasteiger partial charge in [0.2, 0.25) is 0 Å². The Kier molecular flexibility index (Phi) is 5.42. The molecule has 2 aliphatic rings. The van der Waals surface area contributed by atoms with Crippen LogP contribution in [0.1, 0.15) is 9.67 Å². The van der Waals surface area contributed by atoms with Gasteiger partial charge in [0.25, 0.3) is 5.91 Å². The zero-order valence-electron chi connectivity index (χ0n) is 17.4. The topological polar surface area (TPSA) is 51.2 Å². The van der Waals surface area contributed by atoms with Gasteiger partial charge in [0.15, 0.2) is 11.5 Å². The Labute approximate surface area is 185 Å². The van der Waals surface area contributed by atoms with Crippen LogP contribution in [0.4, 0.5) is 5.69 Å². The van der Waals surface area contributed by atoms with Gasteiger partial charge in [-0.1, -0.05) is 12.1 Å². The average Bonchev–Trinajstić information content (AvgIpc) is 3.34. The fourth-order valence-electron chi connectivity index (χ4n) is 4.00. The van der Waals surface area contributed by atoms with E-state index in [1.807, 2.05) is 53.4 Å². The molecule has 6 nitrogen and oxygen atoms in total. The first-order valence-electron chi connectivity index (χ1n) is 10.4. The molecule has 0 radical (unpaired) electrons. The molecule has 31 heavy (non-hydrogen) atoms. The molecule has 7 heteroatoms. The van der Waals surface area contributed by atoms with E-state index in [0.29, 0.717) is 26.3 Å². The molecule has 3 aromatic rings. The highest BCUT2D eigenvalue weighted by atomic mass is 32.1. The van der Waals surface area contributed by atoms with E-state index in [-0.39, 0.29) is 5.91 Å². The molecule has 0 atom stereocenters. The maximum atomic E-state index is 13.1. The molecule has 5 rings (SSSR count). The molecule has 2 aromatic carbocycles. The summed E-state index contributed by atoms with van der Waals surface area (Å²) in [7, 11) is 1.69. The Morgan fingerprint density at radius 3 is 2.52 bits per heavy atom. The molecule has 1 aromatic heterocycles. The zero-order chi connectivity index (χ0) is 21.2. The van der Waals surface area contributed by atoms with Gasteiger partial charge in [0, 0.05) is 31.1 Å². The highest BCUT2D eigenvalue weighted by Crippen LogP contribution is 2.37. The van der Waals surface area contributed by atoms with Crippen molar-refractivity contribution in [3.05, 3.63) is 59.5 Å². The maximum absolute atomic E-state index is 13.1. The number of hydrogen-bond donors (Lipinski definition) is 0. The van der Waals surface area contributed by atoms with Crippen LogP contribution >= 0.6 is 11.3 Å². The summed E-state index contributed by atoms with van der Waals surface area (Å²) in [6, 6.07) is 17.9. The summed E-state index contributed by atoms with van der Waals surface area (Å²) in [6.07, 6.45) is 0. The Hall–Kier alpha value is -3.19. The van der Waals surface area contributed by atoms with E-state index in [1.54, 1.807) is 7.11 Å². The van der Waals surface area contributed by atoms with Gasteiger partial charge in [-0.3, -0.25) is 4.79 Å². The molecule has 0 bridgehead atoms. The summed E-state index contributed by atoms with van der Waals surface area (Å²) in [5.74, 6) is 2.49. The number of carbonyl (C=O) groups excluding carboxylic acids is 1. The van der Waals surface area contributed by atoms with Crippen LogP contribution in [0.25, 0.3) is 10.4 Å². The molecule has 1 fully saturated rings. The third-order valence-corrected chi connectivity index (χ3v) is 6.76. The highest BCUT2D eigenvalue weighted by molar-refractivity contribution is 7.17. The van der Waals surface area contributed by atoms with Gasteiger partial charge >= 0.3 is 0 Å². The number of para-hydroxylation sites is 2. The minimum Gasteiger partial charge on any atom is -0.495 e. The number of methoxy groups -OCH3 is 1. The first-order chi connectivity index (χ1) is 15.2. The van der Waals surface area contributed by atoms with Crippen molar-refractivity contribution in [3.8, 4) is 27.7 Å². The second-order valence-corrected chi connectivity index (χ2v) is 8.56. The third-order valence-electron chi connectivity index (χ3n) is 5.64. The first-order valence-corrected chi connectivity index (χ1v) is 11.2. The van der Waals surface area contributed by atoms with E-state index >= 15 is 0 Å². The van der Waals surface area contributed by atoms with Crippen LogP contribution in [0.2, 0.25) is 0 Å². The van der Waals surface area contributed by atoms with Crippen LogP contribution in [-0.4, -0.2) is 57.3 Å². The van der Waals surface area contributed by atoms with Crippen LogP contribution in [0.5, 0.6) is 17.2 Å². The molecular weight excluding hydrogens is 412 g/mol. The molecule has 160 valence electrons. The smallest absolute Gasteiger partial charge is 0.264 e. The van der Waals surface area contributed by atoms with Crippen molar-refractivity contribution in [2.45, 2.75) is 0 Å². The molecule has 2 aliphatic heterocycles. The molecule has 3 heterocycles. The Balaban J connectivity index is 1.26. The van der Waals surface area contributed by atoms with Gasteiger partial charge in [-0.2, -0.15) is 0 Å². The molecule has 0 saturated carbocycles. The fourth-order valence-corrected chi connectivity index (χ4v) is 4.97. The predicted octanol–water partition coefficient (Wildman–Crippen LogP) is 4.16. The largest absolute Gasteiger partial charge is 0.495 e. The summed E-state index contributed by atoms with van der Waals surface area (Å²) in [4.78, 5) is 19.1. The van der Waals surface area contributed by atoms with Crippen molar-refractivity contribution < 1.29 is 19.0 Å². The lowest BCUT2D eigenvalue weighted by Crippen LogP contribution is -2.48. The minimum absolute atomic E-state index is 0.0912. The number of ether oxygens (including phenoxy) is 3. The number of nitrogens with zero attached hydrogens (tertiary/aromatic N) is 2. The number of carbonyl (C=O) groups is 1. The summed E-state index contributed by atoms with van der Waals surface area (Å²) < 4.78 is 16.8. The van der Waals surface area contributed by atoms with Crippen LogP contribution in [0.3, 0.4) is 0 Å². The molecule has 0 spiro atoms. The standard InChI is InChI=1S/C24H24N2O4S/c1-28-19-5-3-2-4-18(19)25-10-12-26(13-11-25)24(27)23-9-8-22(31-23)17-6-7-20-21(16-17)30-15-14-29-20/h2-9,16H,10-15H2,1H3. The van der Waals surface area contributed by atoms with E-state index in [1.165, 1.54) is 11.3 Å². The zero-order valence-corrected chi connectivity index (χ0v) is 18.2. The van der Waals surface area contributed by atoms with Gasteiger partial charge in [0.1, 0.15) is 19.0 Å². The van der Waals surface area contributed by atoms with Crippen LogP contribution in [0, 0.1) is 0 Å². The predicted molar refractivity (Wildman–Crippen MR) is 122 cm³/mol. The number of fused-ring (bicyclic) bond motifs is 1. The number of thiophene rings is 1. The quantitative estimate of drug-likeness (QED) is 0.615. The third kappa shape index (κ3) is 3.93. The number of benzene rings is 2. The molecule has 0 N–H and O–H groups in total. The lowest BCUT2D eigenvalue weighted by atomic mass is 10.1. The van der Waals surface area contributed by atoms with Crippen molar-refractivity contribution in [2.24, 2.45) is 0 Å². The summed E-state index contributed by atoms with van der Waals surface area (Å²) in [5.41, 5.74) is 2.11. The number of hydrogen-bond acceptors (Lipinski definition) is 6. The number of piperazine rings is 1. The van der Waals surface area contributed by atoms with Crippen molar-refractivity contribution in [3.63, 3.8) is 0 Å². The maximum Gasteiger partial charge on any atom is 0.264 e. The molecule has 1 saturated heterocycles. The van der Waals surface area contributed by atoms with E-state index in [4.69, 9.17) is 14.2 Å². The van der Waals surface area contributed by atoms with Crippen molar-refractivity contribution in [1.82, 2.24) is 4.90 Å². The second kappa shape index (κ2) is 8.51. The average molecular weight is 437 g/mol. The monoisotopic (exact) mass is 436 g/mol. The van der Waals surface area contributed by atoms with Crippen LogP contribution in [-0.2, 0) is 0 Å². The van der Waals surface area contributed by atoms with Gasteiger partial charge in [0.05, 0.1) is 17.7 Å². The van der Waals surface area contributed by atoms with Crippen LogP contribution in [0.15, 0.2) is 54.6 Å². The van der Waals surface area contributed by atoms with Gasteiger partial charge in [-0.25, -0.2) is 0 Å². The van der Waals surface area contributed by atoms with Crippen LogP contribution < -0.4 is 19.1 Å². The highest BCUT2D eigenvalue weighted by Gasteiger charge is 2.25. The Morgan fingerprint density at radius 1 is 0.935 bits per heavy atom. The number of rotatable bonds is 4. The van der Waals surface area contributed by atoms with Crippen molar-refractivity contribution in [1.29, 1.82) is 0 Å². The van der Waals surface area contributed by atoms with Crippen molar-refractivity contribution >= 4 is 22.9 Å². The van der Waals surface area contributed by atoms with Gasteiger partial charge in [-0.15, -0.1) is 11.3 Å². The molecule has 0 aliphatic carbocycles. The molecule has 0 unspecified atom stereocenters.